The van der Waals surface area contributed by atoms with Crippen LogP contribution in [0.3, 0.4) is 0 Å². The molecule has 162 valence electrons. The Morgan fingerprint density at radius 3 is 2.26 bits per heavy atom. The third kappa shape index (κ3) is 5.73. The zero-order chi connectivity index (χ0) is 21.7. The molecular weight excluding hydrogens is 434 g/mol. The molecule has 1 aromatic heterocycles. The summed E-state index contributed by atoms with van der Waals surface area (Å²) in [6, 6.07) is 18.8. The monoisotopic (exact) mass is 457 g/mol. The highest BCUT2D eigenvalue weighted by molar-refractivity contribution is 7.88. The second-order valence-corrected chi connectivity index (χ2v) is 10.2. The highest BCUT2D eigenvalue weighted by atomic mass is 32.2. The van der Waals surface area contributed by atoms with Crippen molar-refractivity contribution in [2.24, 2.45) is 0 Å². The van der Waals surface area contributed by atoms with Gasteiger partial charge in [-0.2, -0.15) is 4.31 Å². The Hall–Kier alpha value is -2.66. The molecule has 10 heteroatoms. The molecule has 1 saturated heterocycles. The lowest BCUT2D eigenvalue weighted by Gasteiger charge is -2.33. The molecule has 2 heterocycles. The minimum atomic E-state index is -3.37. The smallest absolute Gasteiger partial charge is 0.240 e. The van der Waals surface area contributed by atoms with Gasteiger partial charge in [-0.25, -0.2) is 8.42 Å². The van der Waals surface area contributed by atoms with E-state index in [0.29, 0.717) is 31.3 Å². The van der Waals surface area contributed by atoms with E-state index < -0.39 is 10.0 Å². The molecule has 0 unspecified atom stereocenters. The van der Waals surface area contributed by atoms with Crippen LogP contribution in [0, 0.1) is 0 Å². The Kier molecular flexibility index (Phi) is 6.71. The van der Waals surface area contributed by atoms with Crippen molar-refractivity contribution in [3.8, 4) is 10.6 Å². The van der Waals surface area contributed by atoms with Gasteiger partial charge >= 0.3 is 0 Å². The molecular formula is C21H23N5O3S2. The van der Waals surface area contributed by atoms with Crippen molar-refractivity contribution < 1.29 is 13.2 Å². The predicted molar refractivity (Wildman–Crippen MR) is 121 cm³/mol. The average molecular weight is 458 g/mol. The fourth-order valence-electron chi connectivity index (χ4n) is 3.37. The Morgan fingerprint density at radius 2 is 1.58 bits per heavy atom. The number of amides is 1. The van der Waals surface area contributed by atoms with Gasteiger partial charge < -0.3 is 0 Å². The summed E-state index contributed by atoms with van der Waals surface area (Å²) in [6.45, 7) is 1.95. The summed E-state index contributed by atoms with van der Waals surface area (Å²) in [6.07, 6.45) is 0. The van der Waals surface area contributed by atoms with Crippen LogP contribution in [0.15, 0.2) is 60.7 Å². The third-order valence-corrected chi connectivity index (χ3v) is 7.71. The SMILES string of the molecule is O=C(CN1CCN(S(=O)(=O)Cc2ccccc2)CC1)Nc1nnc(-c2ccccc2)s1. The summed E-state index contributed by atoms with van der Waals surface area (Å²) in [5.41, 5.74) is 1.73. The molecule has 4 rings (SSSR count). The van der Waals surface area contributed by atoms with Crippen molar-refractivity contribution in [3.63, 3.8) is 0 Å². The lowest BCUT2D eigenvalue weighted by Crippen LogP contribution is -2.50. The molecule has 0 bridgehead atoms. The van der Waals surface area contributed by atoms with Crippen molar-refractivity contribution in [1.82, 2.24) is 19.4 Å². The molecule has 1 amide bonds. The van der Waals surface area contributed by atoms with Gasteiger partial charge in [0.05, 0.1) is 12.3 Å². The van der Waals surface area contributed by atoms with E-state index in [1.165, 1.54) is 15.6 Å². The fraction of sp³-hybridized carbons (Fsp3) is 0.286. The fourth-order valence-corrected chi connectivity index (χ4v) is 5.66. The van der Waals surface area contributed by atoms with E-state index in [0.717, 1.165) is 16.1 Å². The summed E-state index contributed by atoms with van der Waals surface area (Å²) in [4.78, 5) is 14.3. The van der Waals surface area contributed by atoms with Crippen LogP contribution in [0.5, 0.6) is 0 Å². The zero-order valence-electron chi connectivity index (χ0n) is 16.8. The number of rotatable bonds is 7. The maximum Gasteiger partial charge on any atom is 0.240 e. The van der Waals surface area contributed by atoms with Gasteiger partial charge in [-0.05, 0) is 5.56 Å². The van der Waals surface area contributed by atoms with Gasteiger partial charge in [-0.3, -0.25) is 15.0 Å². The van der Waals surface area contributed by atoms with E-state index in [9.17, 15) is 13.2 Å². The Labute approximate surface area is 185 Å². The maximum atomic E-state index is 12.7. The minimum Gasteiger partial charge on any atom is -0.299 e. The number of sulfonamides is 1. The molecule has 2 aromatic carbocycles. The first-order valence-electron chi connectivity index (χ1n) is 9.92. The van der Waals surface area contributed by atoms with E-state index in [4.69, 9.17) is 0 Å². The number of aromatic nitrogens is 2. The van der Waals surface area contributed by atoms with Crippen LogP contribution in [0.25, 0.3) is 10.6 Å². The lowest BCUT2D eigenvalue weighted by molar-refractivity contribution is -0.117. The van der Waals surface area contributed by atoms with E-state index in [1.807, 2.05) is 65.6 Å². The van der Waals surface area contributed by atoms with Crippen molar-refractivity contribution >= 4 is 32.4 Å². The Morgan fingerprint density at radius 1 is 0.935 bits per heavy atom. The van der Waals surface area contributed by atoms with Gasteiger partial charge in [0.1, 0.15) is 5.01 Å². The first-order valence-corrected chi connectivity index (χ1v) is 12.3. The van der Waals surface area contributed by atoms with Gasteiger partial charge in [0, 0.05) is 31.7 Å². The molecule has 0 aliphatic carbocycles. The van der Waals surface area contributed by atoms with E-state index >= 15 is 0 Å². The summed E-state index contributed by atoms with van der Waals surface area (Å²) in [7, 11) is -3.37. The molecule has 1 fully saturated rings. The number of nitrogens with zero attached hydrogens (tertiary/aromatic N) is 4. The van der Waals surface area contributed by atoms with Crippen molar-refractivity contribution in [1.29, 1.82) is 0 Å². The summed E-state index contributed by atoms with van der Waals surface area (Å²) in [5.74, 6) is -0.189. The van der Waals surface area contributed by atoms with Crippen LogP contribution in [-0.2, 0) is 20.6 Å². The normalized spacial score (nSPS) is 15.6. The number of carbonyl (C=O) groups is 1. The number of piperazine rings is 1. The van der Waals surface area contributed by atoms with Gasteiger partial charge in [0.2, 0.25) is 21.1 Å². The van der Waals surface area contributed by atoms with Crippen LogP contribution in [0.2, 0.25) is 0 Å². The van der Waals surface area contributed by atoms with E-state index in [2.05, 4.69) is 15.5 Å². The Bertz CT molecular complexity index is 1110. The van der Waals surface area contributed by atoms with Crippen LogP contribution < -0.4 is 5.32 Å². The number of carbonyl (C=O) groups excluding carboxylic acids is 1. The molecule has 8 nitrogen and oxygen atoms in total. The largest absolute Gasteiger partial charge is 0.299 e. The number of benzene rings is 2. The first kappa shape index (κ1) is 21.6. The quantitative estimate of drug-likeness (QED) is 0.585. The number of hydrogen-bond acceptors (Lipinski definition) is 7. The molecule has 0 atom stereocenters. The molecule has 0 spiro atoms. The van der Waals surface area contributed by atoms with Crippen LogP contribution in [0.4, 0.5) is 5.13 Å². The van der Waals surface area contributed by atoms with Crippen molar-refractivity contribution in [2.75, 3.05) is 38.0 Å². The minimum absolute atomic E-state index is 0.00484. The summed E-state index contributed by atoms with van der Waals surface area (Å²) >= 11 is 1.32. The average Bonchev–Trinajstić information content (AvgIpc) is 3.23. The molecule has 3 aromatic rings. The van der Waals surface area contributed by atoms with Gasteiger partial charge in [0.25, 0.3) is 0 Å². The molecule has 0 radical (unpaired) electrons. The van der Waals surface area contributed by atoms with Crippen LogP contribution >= 0.6 is 11.3 Å². The molecule has 1 aliphatic heterocycles. The second-order valence-electron chi connectivity index (χ2n) is 7.24. The Balaban J connectivity index is 1.26. The van der Waals surface area contributed by atoms with Crippen molar-refractivity contribution in [2.45, 2.75) is 5.75 Å². The number of anilines is 1. The molecule has 1 N–H and O–H groups in total. The zero-order valence-corrected chi connectivity index (χ0v) is 18.5. The highest BCUT2D eigenvalue weighted by Crippen LogP contribution is 2.25. The van der Waals surface area contributed by atoms with Crippen LogP contribution in [0.1, 0.15) is 5.56 Å². The molecule has 31 heavy (non-hydrogen) atoms. The van der Waals surface area contributed by atoms with Crippen LogP contribution in [-0.4, -0.2) is 66.5 Å². The van der Waals surface area contributed by atoms with Gasteiger partial charge in [0.15, 0.2) is 0 Å². The summed E-state index contributed by atoms with van der Waals surface area (Å²) < 4.78 is 26.8. The second kappa shape index (κ2) is 9.65. The standard InChI is InChI=1S/C21H23N5O3S2/c27-19(22-21-24-23-20(30-21)18-9-5-2-6-10-18)15-25-11-13-26(14-12-25)31(28,29)16-17-7-3-1-4-8-17/h1-10H,11-16H2,(H,22,24,27). The third-order valence-electron chi connectivity index (χ3n) is 4.98. The molecule has 1 aliphatic rings. The lowest BCUT2D eigenvalue weighted by atomic mass is 10.2. The summed E-state index contributed by atoms with van der Waals surface area (Å²) in [5, 5.41) is 12.1. The predicted octanol–water partition coefficient (Wildman–Crippen LogP) is 2.29. The van der Waals surface area contributed by atoms with E-state index in [1.54, 1.807) is 0 Å². The molecule has 0 saturated carbocycles. The van der Waals surface area contributed by atoms with Gasteiger partial charge in [-0.15, -0.1) is 10.2 Å². The number of hydrogen-bond donors (Lipinski definition) is 1. The highest BCUT2D eigenvalue weighted by Gasteiger charge is 2.28. The van der Waals surface area contributed by atoms with E-state index in [-0.39, 0.29) is 18.2 Å². The number of nitrogens with one attached hydrogen (secondary N) is 1. The van der Waals surface area contributed by atoms with Gasteiger partial charge in [-0.1, -0.05) is 72.0 Å². The topological polar surface area (TPSA) is 95.5 Å². The van der Waals surface area contributed by atoms with Crippen molar-refractivity contribution in [3.05, 3.63) is 66.2 Å². The maximum absolute atomic E-state index is 12.7. The first-order chi connectivity index (χ1) is 15.0.